The zero-order valence-corrected chi connectivity index (χ0v) is 9.54. The lowest BCUT2D eigenvalue weighted by Crippen LogP contribution is -2.29. The minimum Gasteiger partial charge on any atom is -0.546 e. The second kappa shape index (κ2) is 5.76. The molecule has 0 atom stereocenters. The Balaban J connectivity index is 3.12. The number of carbonyl (C=O) groups is 2. The van der Waals surface area contributed by atoms with E-state index >= 15 is 0 Å². The number of benzene rings is 1. The fourth-order valence-corrected chi connectivity index (χ4v) is 1.30. The molecule has 0 fully saturated rings. The summed E-state index contributed by atoms with van der Waals surface area (Å²) in [6.07, 6.45) is 0.128. The molecule has 18 heavy (non-hydrogen) atoms. The van der Waals surface area contributed by atoms with Crippen molar-refractivity contribution in [2.45, 2.75) is 13.3 Å². The molecule has 0 spiro atoms. The van der Waals surface area contributed by atoms with Crippen molar-refractivity contribution < 1.29 is 24.4 Å². The van der Waals surface area contributed by atoms with Crippen LogP contribution in [-0.4, -0.2) is 23.3 Å². The number of ether oxygens (including phenoxy) is 1. The summed E-state index contributed by atoms with van der Waals surface area (Å²) >= 11 is 0. The molecule has 0 aliphatic rings. The number of nitro groups is 1. The summed E-state index contributed by atoms with van der Waals surface area (Å²) < 4.78 is 4.85. The van der Waals surface area contributed by atoms with E-state index in [1.54, 1.807) is 6.92 Å². The first-order valence-corrected chi connectivity index (χ1v) is 5.10. The minimum absolute atomic E-state index is 0.00310. The van der Waals surface area contributed by atoms with Crippen LogP contribution in [0.5, 0.6) is 5.75 Å². The Kier molecular flexibility index (Phi) is 4.36. The Morgan fingerprint density at radius 3 is 2.56 bits per heavy atom. The zero-order chi connectivity index (χ0) is 13.7. The quantitative estimate of drug-likeness (QED) is 0.409. The molecule has 1 rings (SSSR count). The normalized spacial score (nSPS) is 9.83. The molecule has 1 aromatic carbocycles. The van der Waals surface area contributed by atoms with Crippen LogP contribution in [0.3, 0.4) is 0 Å². The molecule has 0 heterocycles. The van der Waals surface area contributed by atoms with E-state index in [1.807, 2.05) is 0 Å². The molecule has 0 unspecified atom stereocenters. The number of Topliss-reactive ketones (excluding diaryl/α,β-unsaturated/α-hetero) is 1. The standard InChI is InChI=1S/C11H11NO6/c1-2-9(13)8-5-7(12(16)17)3-4-10(8)18-6-11(14)15/h3-5H,2,6H2,1H3,(H,14,15)/p-1. The van der Waals surface area contributed by atoms with Crippen LogP contribution in [0.1, 0.15) is 23.7 Å². The third-order valence-electron chi connectivity index (χ3n) is 2.14. The fourth-order valence-electron chi connectivity index (χ4n) is 1.30. The molecule has 0 aromatic heterocycles. The van der Waals surface area contributed by atoms with Crippen molar-refractivity contribution in [2.75, 3.05) is 6.61 Å². The number of rotatable bonds is 6. The van der Waals surface area contributed by atoms with Gasteiger partial charge in [-0.1, -0.05) is 6.92 Å². The molecule has 0 saturated heterocycles. The Bertz CT molecular complexity index is 496. The van der Waals surface area contributed by atoms with Crippen LogP contribution in [0.4, 0.5) is 5.69 Å². The van der Waals surface area contributed by atoms with Crippen LogP contribution >= 0.6 is 0 Å². The number of carbonyl (C=O) groups excluding carboxylic acids is 2. The van der Waals surface area contributed by atoms with E-state index in [0.29, 0.717) is 0 Å². The average molecular weight is 252 g/mol. The molecule has 0 radical (unpaired) electrons. The molecule has 7 heteroatoms. The summed E-state index contributed by atoms with van der Waals surface area (Å²) in [7, 11) is 0. The van der Waals surface area contributed by atoms with Gasteiger partial charge < -0.3 is 14.6 Å². The van der Waals surface area contributed by atoms with Crippen molar-refractivity contribution in [1.82, 2.24) is 0 Å². The lowest BCUT2D eigenvalue weighted by molar-refractivity contribution is -0.384. The molecule has 0 aliphatic heterocycles. The third-order valence-corrected chi connectivity index (χ3v) is 2.14. The Hall–Kier alpha value is -2.44. The van der Waals surface area contributed by atoms with Gasteiger partial charge in [-0.2, -0.15) is 0 Å². The summed E-state index contributed by atoms with van der Waals surface area (Å²) in [4.78, 5) is 31.8. The largest absolute Gasteiger partial charge is 0.546 e. The maximum Gasteiger partial charge on any atom is 0.270 e. The van der Waals surface area contributed by atoms with E-state index in [2.05, 4.69) is 0 Å². The van der Waals surface area contributed by atoms with E-state index in [1.165, 1.54) is 6.07 Å². The highest BCUT2D eigenvalue weighted by Crippen LogP contribution is 2.25. The van der Waals surface area contributed by atoms with E-state index in [9.17, 15) is 24.8 Å². The molecular weight excluding hydrogens is 242 g/mol. The van der Waals surface area contributed by atoms with Gasteiger partial charge in [0.1, 0.15) is 12.4 Å². The summed E-state index contributed by atoms with van der Waals surface area (Å²) in [6, 6.07) is 3.40. The van der Waals surface area contributed by atoms with Gasteiger partial charge >= 0.3 is 0 Å². The first-order valence-electron chi connectivity index (χ1n) is 5.10. The SMILES string of the molecule is CCC(=O)c1cc([N+](=O)[O-])ccc1OCC(=O)[O-]. The Morgan fingerprint density at radius 2 is 2.06 bits per heavy atom. The van der Waals surface area contributed by atoms with Crippen LogP contribution in [0.2, 0.25) is 0 Å². The predicted octanol–water partition coefficient (Wildman–Crippen LogP) is 0.316. The number of ketones is 1. The molecule has 0 aliphatic carbocycles. The van der Waals surface area contributed by atoms with Crippen LogP contribution in [-0.2, 0) is 4.79 Å². The second-order valence-corrected chi connectivity index (χ2v) is 3.37. The number of nitrogens with zero attached hydrogens (tertiary/aromatic N) is 1. The van der Waals surface area contributed by atoms with Gasteiger partial charge in [0.25, 0.3) is 5.69 Å². The number of non-ortho nitro benzene ring substituents is 1. The number of hydrogen-bond donors (Lipinski definition) is 0. The lowest BCUT2D eigenvalue weighted by atomic mass is 10.1. The molecule has 0 N–H and O–H groups in total. The van der Waals surface area contributed by atoms with Gasteiger partial charge in [-0.05, 0) is 6.07 Å². The Labute approximate surface area is 102 Å². The number of carboxylic acids is 1. The first-order chi connectivity index (χ1) is 8.45. The second-order valence-electron chi connectivity index (χ2n) is 3.37. The number of carboxylic acid groups (broad SMARTS) is 1. The first kappa shape index (κ1) is 13.6. The van der Waals surface area contributed by atoms with Crippen LogP contribution in [0.15, 0.2) is 18.2 Å². The van der Waals surface area contributed by atoms with E-state index < -0.39 is 17.5 Å². The zero-order valence-electron chi connectivity index (χ0n) is 9.54. The highest BCUT2D eigenvalue weighted by molar-refractivity contribution is 5.99. The molecule has 96 valence electrons. The fraction of sp³-hybridized carbons (Fsp3) is 0.273. The van der Waals surface area contributed by atoms with Crippen LogP contribution in [0.25, 0.3) is 0 Å². The number of nitro benzene ring substituents is 1. The average Bonchev–Trinajstić information content (AvgIpc) is 2.34. The molecule has 1 aromatic rings. The van der Waals surface area contributed by atoms with Gasteiger partial charge in [-0.25, -0.2) is 0 Å². The molecule has 0 amide bonds. The molecule has 0 bridgehead atoms. The monoisotopic (exact) mass is 252 g/mol. The molecular formula is C11H10NO6-. The van der Waals surface area contributed by atoms with Crippen molar-refractivity contribution >= 4 is 17.4 Å². The topological polar surface area (TPSA) is 110 Å². The minimum atomic E-state index is -1.44. The van der Waals surface area contributed by atoms with Gasteiger partial charge in [0.2, 0.25) is 0 Å². The lowest BCUT2D eigenvalue weighted by Gasteiger charge is -2.10. The van der Waals surface area contributed by atoms with Crippen LogP contribution in [0, 0.1) is 10.1 Å². The summed E-state index contributed by atoms with van der Waals surface area (Å²) in [6.45, 7) is 0.867. The van der Waals surface area contributed by atoms with E-state index in [-0.39, 0.29) is 29.2 Å². The molecule has 0 saturated carbocycles. The van der Waals surface area contributed by atoms with Gasteiger partial charge in [0.05, 0.1) is 16.5 Å². The number of aliphatic carboxylic acids is 1. The van der Waals surface area contributed by atoms with Crippen molar-refractivity contribution in [3.63, 3.8) is 0 Å². The van der Waals surface area contributed by atoms with E-state index in [4.69, 9.17) is 4.74 Å². The predicted molar refractivity (Wildman–Crippen MR) is 58.2 cm³/mol. The maximum atomic E-state index is 11.6. The highest BCUT2D eigenvalue weighted by Gasteiger charge is 2.16. The summed E-state index contributed by atoms with van der Waals surface area (Å²) in [5.74, 6) is -1.81. The Morgan fingerprint density at radius 1 is 1.39 bits per heavy atom. The maximum absolute atomic E-state index is 11.6. The van der Waals surface area contributed by atoms with Crippen molar-refractivity contribution in [1.29, 1.82) is 0 Å². The van der Waals surface area contributed by atoms with Crippen molar-refractivity contribution in [2.24, 2.45) is 0 Å². The van der Waals surface area contributed by atoms with Gasteiger partial charge in [-0.15, -0.1) is 0 Å². The van der Waals surface area contributed by atoms with Gasteiger partial charge in [-0.3, -0.25) is 14.9 Å². The van der Waals surface area contributed by atoms with Crippen LogP contribution < -0.4 is 9.84 Å². The van der Waals surface area contributed by atoms with Gasteiger partial charge in [0.15, 0.2) is 5.78 Å². The highest BCUT2D eigenvalue weighted by atomic mass is 16.6. The number of hydrogen-bond acceptors (Lipinski definition) is 6. The van der Waals surface area contributed by atoms with Gasteiger partial charge in [0, 0.05) is 18.6 Å². The van der Waals surface area contributed by atoms with Crippen molar-refractivity contribution in [3.05, 3.63) is 33.9 Å². The third kappa shape index (κ3) is 3.27. The molecule has 7 nitrogen and oxygen atoms in total. The van der Waals surface area contributed by atoms with E-state index in [0.717, 1.165) is 12.1 Å². The smallest absolute Gasteiger partial charge is 0.270 e. The summed E-state index contributed by atoms with van der Waals surface area (Å²) in [5, 5.41) is 20.9. The summed E-state index contributed by atoms with van der Waals surface area (Å²) in [5.41, 5.74) is -0.263. The van der Waals surface area contributed by atoms with Crippen molar-refractivity contribution in [3.8, 4) is 5.75 Å².